The Kier molecular flexibility index (Phi) is 4.84. The van der Waals surface area contributed by atoms with E-state index in [2.05, 4.69) is 14.9 Å². The maximum Gasteiger partial charge on any atom is 0.267 e. The van der Waals surface area contributed by atoms with Crippen molar-refractivity contribution in [1.82, 2.24) is 19.8 Å². The second kappa shape index (κ2) is 7.79. The van der Waals surface area contributed by atoms with Crippen LogP contribution in [-0.2, 0) is 11.3 Å². The quantitative estimate of drug-likeness (QED) is 0.708. The lowest BCUT2D eigenvalue weighted by molar-refractivity contribution is -0.143. The summed E-state index contributed by atoms with van der Waals surface area (Å²) < 4.78 is 11.5. The maximum absolute atomic E-state index is 12.9. The fourth-order valence-electron chi connectivity index (χ4n) is 3.89. The zero-order chi connectivity index (χ0) is 20.5. The molecule has 3 aromatic rings. The number of benzene rings is 2. The largest absolute Gasteiger partial charge is 0.485 e. The average Bonchev–Trinajstić information content (AvgIpc) is 2.79. The lowest BCUT2D eigenvalue weighted by atomic mass is 10.2. The number of hydrogen-bond acceptors (Lipinski definition) is 6. The molecule has 1 atom stereocenters. The van der Waals surface area contributed by atoms with E-state index in [0.717, 1.165) is 0 Å². The summed E-state index contributed by atoms with van der Waals surface area (Å²) in [5, 5.41) is 0.591. The molecule has 154 valence electrons. The zero-order valence-electron chi connectivity index (χ0n) is 16.4. The normalized spacial score (nSPS) is 19.1. The lowest BCUT2D eigenvalue weighted by Crippen LogP contribution is -2.53. The summed E-state index contributed by atoms with van der Waals surface area (Å²) in [5.41, 5.74) is 0.568. The predicted octanol–water partition coefficient (Wildman–Crippen LogP) is 1.41. The molecule has 1 amide bonds. The molecule has 8 nitrogen and oxygen atoms in total. The van der Waals surface area contributed by atoms with Gasteiger partial charge in [0.1, 0.15) is 12.4 Å². The third kappa shape index (κ3) is 3.61. The molecular weight excluding hydrogens is 384 g/mol. The summed E-state index contributed by atoms with van der Waals surface area (Å²) in [7, 11) is 0. The predicted molar refractivity (Wildman–Crippen MR) is 111 cm³/mol. The molecule has 2 aromatic carbocycles. The van der Waals surface area contributed by atoms with Crippen molar-refractivity contribution >= 4 is 16.8 Å². The Labute approximate surface area is 173 Å². The summed E-state index contributed by atoms with van der Waals surface area (Å²) >= 11 is 0. The van der Waals surface area contributed by atoms with E-state index < -0.39 is 6.10 Å². The fourth-order valence-corrected chi connectivity index (χ4v) is 3.89. The molecule has 0 aliphatic carbocycles. The molecule has 1 aromatic heterocycles. The number of piperazine rings is 1. The summed E-state index contributed by atoms with van der Waals surface area (Å²) in [5.74, 6) is 1.86. The van der Waals surface area contributed by atoms with E-state index in [4.69, 9.17) is 9.47 Å². The summed E-state index contributed by atoms with van der Waals surface area (Å²) in [6.07, 6.45) is -0.620. The van der Waals surface area contributed by atoms with Crippen LogP contribution in [0, 0.1) is 0 Å². The van der Waals surface area contributed by atoms with Gasteiger partial charge in [-0.1, -0.05) is 24.3 Å². The molecule has 0 unspecified atom stereocenters. The highest BCUT2D eigenvalue weighted by atomic mass is 16.6. The third-order valence-corrected chi connectivity index (χ3v) is 5.50. The number of aromatic amines is 1. The van der Waals surface area contributed by atoms with Crippen LogP contribution in [0.4, 0.5) is 0 Å². The number of ether oxygens (including phenoxy) is 2. The van der Waals surface area contributed by atoms with Gasteiger partial charge in [-0.3, -0.25) is 14.5 Å². The minimum Gasteiger partial charge on any atom is -0.485 e. The van der Waals surface area contributed by atoms with E-state index in [9.17, 15) is 9.59 Å². The van der Waals surface area contributed by atoms with E-state index in [1.165, 1.54) is 0 Å². The van der Waals surface area contributed by atoms with E-state index in [1.54, 1.807) is 6.07 Å². The molecule has 0 radical (unpaired) electrons. The zero-order valence-corrected chi connectivity index (χ0v) is 16.4. The van der Waals surface area contributed by atoms with Crippen LogP contribution in [0.25, 0.3) is 10.9 Å². The molecule has 3 heterocycles. The van der Waals surface area contributed by atoms with Gasteiger partial charge in [0.25, 0.3) is 11.5 Å². The van der Waals surface area contributed by atoms with Gasteiger partial charge < -0.3 is 19.4 Å². The standard InChI is InChI=1S/C22H22N4O4/c27-21-15-5-1-2-6-16(15)23-20(24-21)13-25-9-11-26(12-10-25)22(28)19-14-29-17-7-3-4-8-18(17)30-19/h1-8,19H,9-14H2,(H,23,24,27)/t19-/m1/s1. The average molecular weight is 406 g/mol. The molecule has 5 rings (SSSR count). The van der Waals surface area contributed by atoms with Gasteiger partial charge in [-0.05, 0) is 24.3 Å². The molecule has 30 heavy (non-hydrogen) atoms. The molecule has 0 bridgehead atoms. The highest BCUT2D eigenvalue weighted by Gasteiger charge is 2.32. The second-order valence-corrected chi connectivity index (χ2v) is 7.50. The van der Waals surface area contributed by atoms with Crippen LogP contribution >= 0.6 is 0 Å². The van der Waals surface area contributed by atoms with Gasteiger partial charge >= 0.3 is 0 Å². The summed E-state index contributed by atoms with van der Waals surface area (Å²) in [4.78, 5) is 36.5. The number of aromatic nitrogens is 2. The molecule has 1 saturated heterocycles. The van der Waals surface area contributed by atoms with Crippen LogP contribution in [0.15, 0.2) is 53.3 Å². The van der Waals surface area contributed by atoms with Gasteiger partial charge in [0.15, 0.2) is 11.5 Å². The Balaban J connectivity index is 1.20. The molecule has 1 fully saturated rings. The van der Waals surface area contributed by atoms with Gasteiger partial charge in [0.05, 0.1) is 17.4 Å². The van der Waals surface area contributed by atoms with Crippen molar-refractivity contribution in [3.05, 3.63) is 64.7 Å². The Morgan fingerprint density at radius 1 is 1.03 bits per heavy atom. The van der Waals surface area contributed by atoms with E-state index in [-0.39, 0.29) is 18.1 Å². The van der Waals surface area contributed by atoms with Crippen molar-refractivity contribution in [1.29, 1.82) is 0 Å². The van der Waals surface area contributed by atoms with E-state index >= 15 is 0 Å². The van der Waals surface area contributed by atoms with Gasteiger partial charge in [-0.15, -0.1) is 0 Å². The first-order valence-electron chi connectivity index (χ1n) is 10.0. The van der Waals surface area contributed by atoms with Crippen LogP contribution in [0.2, 0.25) is 0 Å². The molecular formula is C22H22N4O4. The first kappa shape index (κ1) is 18.6. The molecule has 2 aliphatic rings. The maximum atomic E-state index is 12.9. The smallest absolute Gasteiger partial charge is 0.267 e. The van der Waals surface area contributed by atoms with Crippen molar-refractivity contribution in [3.8, 4) is 11.5 Å². The SMILES string of the molecule is O=C([C@H]1COc2ccccc2O1)N1CCN(Cc2nc3ccccc3c(=O)[nH]2)CC1. The minimum atomic E-state index is -0.620. The number of rotatable bonds is 3. The van der Waals surface area contributed by atoms with Crippen LogP contribution in [-0.4, -0.2) is 64.6 Å². The van der Waals surface area contributed by atoms with Gasteiger partial charge in [-0.2, -0.15) is 0 Å². The molecule has 8 heteroatoms. The van der Waals surface area contributed by atoms with Crippen molar-refractivity contribution in [2.45, 2.75) is 12.6 Å². The monoisotopic (exact) mass is 406 g/mol. The van der Waals surface area contributed by atoms with Crippen LogP contribution in [0.5, 0.6) is 11.5 Å². The van der Waals surface area contributed by atoms with Gasteiger partial charge in [0, 0.05) is 26.2 Å². The Bertz CT molecular complexity index is 1140. The minimum absolute atomic E-state index is 0.0543. The summed E-state index contributed by atoms with van der Waals surface area (Å²) in [6.45, 7) is 3.35. The van der Waals surface area contributed by atoms with Crippen molar-refractivity contribution in [2.75, 3.05) is 32.8 Å². The van der Waals surface area contributed by atoms with Crippen LogP contribution in [0.3, 0.4) is 0 Å². The van der Waals surface area contributed by atoms with Crippen LogP contribution in [0.1, 0.15) is 5.82 Å². The molecule has 0 spiro atoms. The Morgan fingerprint density at radius 3 is 2.60 bits per heavy atom. The highest BCUT2D eigenvalue weighted by Crippen LogP contribution is 2.31. The molecule has 0 saturated carbocycles. The van der Waals surface area contributed by atoms with E-state index in [0.29, 0.717) is 61.0 Å². The first-order chi connectivity index (χ1) is 14.7. The number of nitrogens with zero attached hydrogens (tertiary/aromatic N) is 3. The Morgan fingerprint density at radius 2 is 1.77 bits per heavy atom. The molecule has 1 N–H and O–H groups in total. The number of hydrogen-bond donors (Lipinski definition) is 1. The topological polar surface area (TPSA) is 87.8 Å². The number of para-hydroxylation sites is 3. The summed E-state index contributed by atoms with van der Waals surface area (Å²) in [6, 6.07) is 14.7. The lowest BCUT2D eigenvalue weighted by Gasteiger charge is -2.36. The number of nitrogens with one attached hydrogen (secondary N) is 1. The number of fused-ring (bicyclic) bond motifs is 2. The highest BCUT2D eigenvalue weighted by molar-refractivity contribution is 5.82. The van der Waals surface area contributed by atoms with Gasteiger partial charge in [0.2, 0.25) is 6.10 Å². The van der Waals surface area contributed by atoms with E-state index in [1.807, 2.05) is 47.4 Å². The second-order valence-electron chi connectivity index (χ2n) is 7.50. The van der Waals surface area contributed by atoms with Crippen molar-refractivity contribution in [2.24, 2.45) is 0 Å². The van der Waals surface area contributed by atoms with Gasteiger partial charge in [-0.25, -0.2) is 4.98 Å². The number of H-pyrrole nitrogens is 1. The van der Waals surface area contributed by atoms with Crippen molar-refractivity contribution < 1.29 is 14.3 Å². The van der Waals surface area contributed by atoms with Crippen LogP contribution < -0.4 is 15.0 Å². The number of carbonyl (C=O) groups is 1. The fraction of sp³-hybridized carbons (Fsp3) is 0.318. The van der Waals surface area contributed by atoms with Crippen molar-refractivity contribution in [3.63, 3.8) is 0 Å². The number of carbonyl (C=O) groups excluding carboxylic acids is 1. The molecule has 2 aliphatic heterocycles. The first-order valence-corrected chi connectivity index (χ1v) is 10.0. The third-order valence-electron chi connectivity index (χ3n) is 5.50. The number of amides is 1. The Hall–Kier alpha value is -3.39.